The Morgan fingerprint density at radius 2 is 1.95 bits per heavy atom. The van der Waals surface area contributed by atoms with Crippen LogP contribution in [0.15, 0.2) is 0 Å². The van der Waals surface area contributed by atoms with Crippen LogP contribution in [0.4, 0.5) is 0 Å². The van der Waals surface area contributed by atoms with Crippen LogP contribution in [0.5, 0.6) is 0 Å². The normalized spacial score (nSPS) is 34.7. The molecule has 4 atom stereocenters. The highest BCUT2D eigenvalue weighted by atomic mass is 16.5. The number of hydrogen-bond acceptors (Lipinski definition) is 2. The number of hydrogen-bond donors (Lipinski definition) is 1. The summed E-state index contributed by atoms with van der Waals surface area (Å²) in [6.07, 6.45) is 7.12. The van der Waals surface area contributed by atoms with Gasteiger partial charge in [0, 0.05) is 30.0 Å². The lowest BCUT2D eigenvalue weighted by atomic mass is 9.55. The van der Waals surface area contributed by atoms with Crippen molar-refractivity contribution >= 4 is 0 Å². The minimum Gasteiger partial charge on any atom is -0.377 e. The Hall–Kier alpha value is -0.0800. The summed E-state index contributed by atoms with van der Waals surface area (Å²) >= 11 is 0. The second-order valence-corrected chi connectivity index (χ2v) is 7.79. The smallest absolute Gasteiger partial charge is 0.0684 e. The highest BCUT2D eigenvalue weighted by Crippen LogP contribution is 2.51. The molecule has 1 aliphatic heterocycles. The molecule has 2 heteroatoms. The Morgan fingerprint density at radius 3 is 2.63 bits per heavy atom. The quantitative estimate of drug-likeness (QED) is 0.785. The Balaban J connectivity index is 1.78. The van der Waals surface area contributed by atoms with E-state index in [1.165, 1.54) is 32.1 Å². The summed E-state index contributed by atoms with van der Waals surface area (Å²) in [6.45, 7) is 12.7. The Morgan fingerprint density at radius 1 is 1.21 bits per heavy atom. The number of fused-ring (bicyclic) bond motifs is 1. The average Bonchev–Trinajstić information content (AvgIpc) is 2.35. The lowest BCUT2D eigenvalue weighted by molar-refractivity contribution is -0.194. The van der Waals surface area contributed by atoms with Gasteiger partial charge in [0.1, 0.15) is 0 Å². The topological polar surface area (TPSA) is 21.3 Å². The van der Waals surface area contributed by atoms with Crippen molar-refractivity contribution < 1.29 is 4.74 Å². The van der Waals surface area contributed by atoms with Crippen LogP contribution in [0.25, 0.3) is 0 Å². The molecule has 0 aromatic rings. The van der Waals surface area contributed by atoms with Crippen molar-refractivity contribution in [1.29, 1.82) is 0 Å². The van der Waals surface area contributed by atoms with Crippen LogP contribution in [0.1, 0.15) is 66.7 Å². The van der Waals surface area contributed by atoms with Gasteiger partial charge in [-0.25, -0.2) is 0 Å². The van der Waals surface area contributed by atoms with Crippen molar-refractivity contribution in [2.45, 2.75) is 84.9 Å². The fourth-order valence-corrected chi connectivity index (χ4v) is 4.08. The summed E-state index contributed by atoms with van der Waals surface area (Å²) in [7, 11) is 0. The molecule has 2 rings (SSSR count). The van der Waals surface area contributed by atoms with E-state index in [1.807, 2.05) is 0 Å². The van der Waals surface area contributed by atoms with Crippen LogP contribution >= 0.6 is 0 Å². The van der Waals surface area contributed by atoms with Gasteiger partial charge in [0.25, 0.3) is 0 Å². The molecule has 0 aromatic heterocycles. The second kappa shape index (κ2) is 6.13. The third-order valence-corrected chi connectivity index (χ3v) is 5.21. The van der Waals surface area contributed by atoms with Crippen LogP contribution in [0, 0.1) is 17.3 Å². The number of ether oxygens (including phenoxy) is 1. The Kier molecular flexibility index (Phi) is 4.94. The van der Waals surface area contributed by atoms with Crippen molar-refractivity contribution in [3.05, 3.63) is 0 Å². The maximum atomic E-state index is 5.98. The molecule has 1 saturated heterocycles. The lowest BCUT2D eigenvalue weighted by Gasteiger charge is -2.60. The number of rotatable bonds is 6. The zero-order chi connectivity index (χ0) is 14.0. The maximum absolute atomic E-state index is 5.98. The number of nitrogens with one attached hydrogen (secondary N) is 1. The van der Waals surface area contributed by atoms with Gasteiger partial charge in [0.15, 0.2) is 0 Å². The van der Waals surface area contributed by atoms with Gasteiger partial charge in [0.05, 0.1) is 6.10 Å². The molecule has 2 nitrogen and oxygen atoms in total. The Labute approximate surface area is 119 Å². The Bertz CT molecular complexity index is 287. The second-order valence-electron chi connectivity index (χ2n) is 7.79. The van der Waals surface area contributed by atoms with E-state index in [2.05, 4.69) is 39.9 Å². The highest BCUT2D eigenvalue weighted by Gasteiger charge is 2.57. The van der Waals surface area contributed by atoms with Crippen LogP contribution in [-0.4, -0.2) is 24.8 Å². The minimum atomic E-state index is 0.317. The van der Waals surface area contributed by atoms with E-state index in [0.29, 0.717) is 23.6 Å². The first-order valence-electron chi connectivity index (χ1n) is 8.30. The van der Waals surface area contributed by atoms with Crippen LogP contribution in [0.2, 0.25) is 0 Å². The van der Waals surface area contributed by atoms with Gasteiger partial charge >= 0.3 is 0 Å². The third kappa shape index (κ3) is 3.33. The summed E-state index contributed by atoms with van der Waals surface area (Å²) in [5.74, 6) is 1.60. The first-order valence-corrected chi connectivity index (χ1v) is 8.30. The SMILES string of the molecule is CC(C)CCCC(C)NC1C2CCCOC2C1(C)C. The fourth-order valence-electron chi connectivity index (χ4n) is 4.08. The zero-order valence-electron chi connectivity index (χ0n) is 13.5. The van der Waals surface area contributed by atoms with E-state index < -0.39 is 0 Å². The summed E-state index contributed by atoms with van der Waals surface area (Å²) < 4.78 is 5.98. The van der Waals surface area contributed by atoms with Crippen LogP contribution in [0.3, 0.4) is 0 Å². The lowest BCUT2D eigenvalue weighted by Crippen LogP contribution is -2.70. The molecule has 4 unspecified atom stereocenters. The van der Waals surface area contributed by atoms with Crippen LogP contribution < -0.4 is 5.32 Å². The summed E-state index contributed by atoms with van der Waals surface area (Å²) in [5, 5.41) is 3.90. The molecule has 112 valence electrons. The maximum Gasteiger partial charge on any atom is 0.0684 e. The van der Waals surface area contributed by atoms with Gasteiger partial charge in [0.2, 0.25) is 0 Å². The highest BCUT2D eigenvalue weighted by molar-refractivity contribution is 5.10. The zero-order valence-corrected chi connectivity index (χ0v) is 13.5. The average molecular weight is 267 g/mol. The molecule has 1 aliphatic carbocycles. The minimum absolute atomic E-state index is 0.317. The fraction of sp³-hybridized carbons (Fsp3) is 1.00. The molecular formula is C17H33NO. The van der Waals surface area contributed by atoms with Gasteiger partial charge in [-0.2, -0.15) is 0 Å². The van der Waals surface area contributed by atoms with E-state index in [1.54, 1.807) is 0 Å². The summed E-state index contributed by atoms with van der Waals surface area (Å²) in [6, 6.07) is 1.30. The van der Waals surface area contributed by atoms with Gasteiger partial charge < -0.3 is 10.1 Å². The molecule has 0 bridgehead atoms. The van der Waals surface area contributed by atoms with Crippen molar-refractivity contribution in [3.63, 3.8) is 0 Å². The monoisotopic (exact) mass is 267 g/mol. The largest absolute Gasteiger partial charge is 0.377 e. The molecule has 0 radical (unpaired) electrons. The third-order valence-electron chi connectivity index (χ3n) is 5.21. The van der Waals surface area contributed by atoms with E-state index in [9.17, 15) is 0 Å². The standard InChI is InChI=1S/C17H33NO/c1-12(2)8-6-9-13(3)18-15-14-10-7-11-19-16(14)17(15,4)5/h12-16,18H,6-11H2,1-5H3. The van der Waals surface area contributed by atoms with Gasteiger partial charge in [-0.05, 0) is 32.1 Å². The van der Waals surface area contributed by atoms with Gasteiger partial charge in [-0.15, -0.1) is 0 Å². The molecule has 19 heavy (non-hydrogen) atoms. The van der Waals surface area contributed by atoms with E-state index in [4.69, 9.17) is 4.74 Å². The molecular weight excluding hydrogens is 234 g/mol. The molecule has 1 heterocycles. The molecule has 0 aromatic carbocycles. The first-order chi connectivity index (χ1) is 8.93. The van der Waals surface area contributed by atoms with Crippen molar-refractivity contribution in [2.24, 2.45) is 17.3 Å². The summed E-state index contributed by atoms with van der Waals surface area (Å²) in [4.78, 5) is 0. The molecule has 1 saturated carbocycles. The predicted octanol–water partition coefficient (Wildman–Crippen LogP) is 3.99. The molecule has 1 N–H and O–H groups in total. The van der Waals surface area contributed by atoms with Gasteiger partial charge in [-0.1, -0.05) is 40.5 Å². The molecule has 2 fully saturated rings. The van der Waals surface area contributed by atoms with E-state index >= 15 is 0 Å². The molecule has 2 aliphatic rings. The molecule has 0 spiro atoms. The van der Waals surface area contributed by atoms with Crippen molar-refractivity contribution in [1.82, 2.24) is 5.32 Å². The van der Waals surface area contributed by atoms with Gasteiger partial charge in [-0.3, -0.25) is 0 Å². The van der Waals surface area contributed by atoms with Crippen molar-refractivity contribution in [2.75, 3.05) is 6.61 Å². The van der Waals surface area contributed by atoms with E-state index in [-0.39, 0.29) is 0 Å². The van der Waals surface area contributed by atoms with Crippen LogP contribution in [-0.2, 0) is 4.74 Å². The summed E-state index contributed by atoms with van der Waals surface area (Å²) in [5.41, 5.74) is 0.317. The van der Waals surface area contributed by atoms with Crippen molar-refractivity contribution in [3.8, 4) is 0 Å². The first kappa shape index (κ1) is 15.3. The van der Waals surface area contributed by atoms with E-state index in [0.717, 1.165) is 18.4 Å². The molecule has 0 amide bonds. The predicted molar refractivity (Wildman–Crippen MR) is 81.3 cm³/mol.